The van der Waals surface area contributed by atoms with Crippen molar-refractivity contribution in [3.05, 3.63) is 58.9 Å². The van der Waals surface area contributed by atoms with Crippen molar-refractivity contribution < 1.29 is 19.0 Å². The van der Waals surface area contributed by atoms with Gasteiger partial charge in [0.05, 0.1) is 12.7 Å². The van der Waals surface area contributed by atoms with E-state index in [0.717, 1.165) is 24.3 Å². The first kappa shape index (κ1) is 12.7. The zero-order valence-corrected chi connectivity index (χ0v) is 11.4. The Balaban J connectivity index is 1.67. The molecule has 1 unspecified atom stereocenters. The first-order valence-electron chi connectivity index (χ1n) is 7.10. The fourth-order valence-electron chi connectivity index (χ4n) is 3.03. The summed E-state index contributed by atoms with van der Waals surface area (Å²) in [5, 5.41) is 10.2. The van der Waals surface area contributed by atoms with Gasteiger partial charge in [0.1, 0.15) is 23.4 Å². The summed E-state index contributed by atoms with van der Waals surface area (Å²) in [5.41, 5.74) is 2.72. The van der Waals surface area contributed by atoms with E-state index in [1.54, 1.807) is 6.07 Å². The Kier molecular flexibility index (Phi) is 2.86. The summed E-state index contributed by atoms with van der Waals surface area (Å²) in [7, 11) is 0. The molecule has 21 heavy (non-hydrogen) atoms. The molecule has 4 heteroatoms. The minimum Gasteiger partial charge on any atom is -0.493 e. The fraction of sp³-hybridized carbons (Fsp3) is 0.294. The third-order valence-corrected chi connectivity index (χ3v) is 4.12. The van der Waals surface area contributed by atoms with Gasteiger partial charge in [-0.05, 0) is 41.5 Å². The lowest BCUT2D eigenvalue weighted by Crippen LogP contribution is -2.19. The van der Waals surface area contributed by atoms with E-state index in [1.807, 2.05) is 12.1 Å². The Hall–Kier alpha value is -2.07. The quantitative estimate of drug-likeness (QED) is 0.874. The maximum Gasteiger partial charge on any atom is 0.127 e. The number of halogens is 1. The SMILES string of the molecule is O[C@H]1CC(c2ccc3c(c2)CCO3)Oc2ccc(F)cc21. The first-order valence-corrected chi connectivity index (χ1v) is 7.10. The maximum absolute atomic E-state index is 13.3. The van der Waals surface area contributed by atoms with E-state index >= 15 is 0 Å². The number of aliphatic hydroxyl groups is 1. The molecule has 0 radical (unpaired) electrons. The smallest absolute Gasteiger partial charge is 0.127 e. The molecule has 2 aliphatic heterocycles. The van der Waals surface area contributed by atoms with Gasteiger partial charge in [-0.25, -0.2) is 4.39 Å². The van der Waals surface area contributed by atoms with Gasteiger partial charge in [-0.3, -0.25) is 0 Å². The predicted molar refractivity (Wildman–Crippen MR) is 75.0 cm³/mol. The molecule has 2 aromatic carbocycles. The standard InChI is InChI=1S/C17H15FO3/c18-12-2-4-16-13(8-12)14(19)9-17(21-16)10-1-3-15-11(7-10)5-6-20-15/h1-4,7-8,14,17,19H,5-6,9H2/t14-,17?/m0/s1. The highest BCUT2D eigenvalue weighted by molar-refractivity contribution is 5.43. The van der Waals surface area contributed by atoms with Crippen molar-refractivity contribution in [2.45, 2.75) is 25.0 Å². The number of hydrogen-bond donors (Lipinski definition) is 1. The van der Waals surface area contributed by atoms with Gasteiger partial charge in [-0.15, -0.1) is 0 Å². The number of fused-ring (bicyclic) bond motifs is 2. The van der Waals surface area contributed by atoms with Crippen LogP contribution in [-0.2, 0) is 6.42 Å². The molecule has 0 aliphatic carbocycles. The van der Waals surface area contributed by atoms with Crippen molar-refractivity contribution >= 4 is 0 Å². The second-order valence-corrected chi connectivity index (χ2v) is 5.51. The number of aliphatic hydroxyl groups excluding tert-OH is 1. The third kappa shape index (κ3) is 2.16. The zero-order chi connectivity index (χ0) is 14.4. The summed E-state index contributed by atoms with van der Waals surface area (Å²) < 4.78 is 24.7. The van der Waals surface area contributed by atoms with E-state index in [2.05, 4.69) is 6.07 Å². The lowest BCUT2D eigenvalue weighted by molar-refractivity contribution is 0.0653. The van der Waals surface area contributed by atoms with E-state index in [-0.39, 0.29) is 11.9 Å². The third-order valence-electron chi connectivity index (χ3n) is 4.12. The van der Waals surface area contributed by atoms with Gasteiger partial charge in [0.25, 0.3) is 0 Å². The summed E-state index contributed by atoms with van der Waals surface area (Å²) in [4.78, 5) is 0. The van der Waals surface area contributed by atoms with Gasteiger partial charge >= 0.3 is 0 Å². The normalized spacial score (nSPS) is 23.0. The summed E-state index contributed by atoms with van der Waals surface area (Å²) in [6.07, 6.45) is 0.402. The van der Waals surface area contributed by atoms with Gasteiger partial charge < -0.3 is 14.6 Å². The second kappa shape index (κ2) is 4.74. The number of hydrogen-bond acceptors (Lipinski definition) is 3. The molecule has 0 bridgehead atoms. The minimum atomic E-state index is -0.709. The van der Waals surface area contributed by atoms with Crippen LogP contribution in [0.2, 0.25) is 0 Å². The van der Waals surface area contributed by atoms with Crippen molar-refractivity contribution in [3.63, 3.8) is 0 Å². The molecule has 0 aromatic heterocycles. The molecule has 4 rings (SSSR count). The van der Waals surface area contributed by atoms with Crippen molar-refractivity contribution in [2.75, 3.05) is 6.61 Å². The number of ether oxygens (including phenoxy) is 2. The Bertz CT molecular complexity index is 698. The average molecular weight is 286 g/mol. The highest BCUT2D eigenvalue weighted by Crippen LogP contribution is 2.42. The number of rotatable bonds is 1. The molecule has 0 amide bonds. The molecule has 2 aromatic rings. The topological polar surface area (TPSA) is 38.7 Å². The van der Waals surface area contributed by atoms with Crippen LogP contribution in [0, 0.1) is 5.82 Å². The summed E-state index contributed by atoms with van der Waals surface area (Å²) >= 11 is 0. The Morgan fingerprint density at radius 3 is 2.86 bits per heavy atom. The molecule has 1 N–H and O–H groups in total. The van der Waals surface area contributed by atoms with Crippen molar-refractivity contribution in [3.8, 4) is 11.5 Å². The lowest BCUT2D eigenvalue weighted by atomic mass is 9.94. The van der Waals surface area contributed by atoms with Crippen molar-refractivity contribution in [1.82, 2.24) is 0 Å². The summed E-state index contributed by atoms with van der Waals surface area (Å²) in [6, 6.07) is 10.3. The molecule has 0 fully saturated rings. The van der Waals surface area contributed by atoms with Crippen molar-refractivity contribution in [2.24, 2.45) is 0 Å². The second-order valence-electron chi connectivity index (χ2n) is 5.51. The molecule has 0 spiro atoms. The van der Waals surface area contributed by atoms with Crippen LogP contribution in [0.3, 0.4) is 0 Å². The fourth-order valence-corrected chi connectivity index (χ4v) is 3.03. The molecular weight excluding hydrogens is 271 g/mol. The Morgan fingerprint density at radius 1 is 1.10 bits per heavy atom. The van der Waals surface area contributed by atoms with Gasteiger partial charge in [-0.2, -0.15) is 0 Å². The molecule has 3 nitrogen and oxygen atoms in total. The van der Waals surface area contributed by atoms with E-state index in [4.69, 9.17) is 9.47 Å². The van der Waals surface area contributed by atoms with Crippen molar-refractivity contribution in [1.29, 1.82) is 0 Å². The summed E-state index contributed by atoms with van der Waals surface area (Å²) in [5.74, 6) is 1.12. The molecule has 0 saturated heterocycles. The lowest BCUT2D eigenvalue weighted by Gasteiger charge is -2.30. The molecule has 108 valence electrons. The number of benzene rings is 2. The molecular formula is C17H15FO3. The van der Waals surface area contributed by atoms with E-state index < -0.39 is 6.10 Å². The predicted octanol–water partition coefficient (Wildman–Crippen LogP) is 3.32. The van der Waals surface area contributed by atoms with E-state index in [0.29, 0.717) is 17.7 Å². The van der Waals surface area contributed by atoms with Crippen LogP contribution in [-0.4, -0.2) is 11.7 Å². The van der Waals surface area contributed by atoms with Gasteiger partial charge in [0, 0.05) is 18.4 Å². The summed E-state index contributed by atoms with van der Waals surface area (Å²) in [6.45, 7) is 0.717. The highest BCUT2D eigenvalue weighted by Gasteiger charge is 2.29. The largest absolute Gasteiger partial charge is 0.493 e. The van der Waals surface area contributed by atoms with Crippen LogP contribution in [0.15, 0.2) is 36.4 Å². The van der Waals surface area contributed by atoms with Crippen LogP contribution >= 0.6 is 0 Å². The maximum atomic E-state index is 13.3. The Labute approximate surface area is 121 Å². The van der Waals surface area contributed by atoms with Gasteiger partial charge in [-0.1, -0.05) is 6.07 Å². The minimum absolute atomic E-state index is 0.219. The molecule has 2 aliphatic rings. The van der Waals surface area contributed by atoms with Gasteiger partial charge in [0.2, 0.25) is 0 Å². The van der Waals surface area contributed by atoms with Crippen LogP contribution < -0.4 is 9.47 Å². The molecule has 0 saturated carbocycles. The first-order chi connectivity index (χ1) is 10.2. The van der Waals surface area contributed by atoms with E-state index in [1.165, 1.54) is 17.7 Å². The van der Waals surface area contributed by atoms with Crippen LogP contribution in [0.1, 0.15) is 35.3 Å². The monoisotopic (exact) mass is 286 g/mol. The van der Waals surface area contributed by atoms with Crippen LogP contribution in [0.5, 0.6) is 11.5 Å². The van der Waals surface area contributed by atoms with Crippen LogP contribution in [0.4, 0.5) is 4.39 Å². The average Bonchev–Trinajstić information content (AvgIpc) is 2.95. The Morgan fingerprint density at radius 2 is 1.95 bits per heavy atom. The molecule has 2 heterocycles. The van der Waals surface area contributed by atoms with Gasteiger partial charge in [0.15, 0.2) is 0 Å². The molecule has 2 atom stereocenters. The van der Waals surface area contributed by atoms with Crippen LogP contribution in [0.25, 0.3) is 0 Å². The van der Waals surface area contributed by atoms with E-state index in [9.17, 15) is 9.50 Å². The zero-order valence-electron chi connectivity index (χ0n) is 11.4. The highest BCUT2D eigenvalue weighted by atomic mass is 19.1.